The second-order valence-electron chi connectivity index (χ2n) is 6.77. The van der Waals surface area contributed by atoms with Gasteiger partial charge in [-0.15, -0.1) is 0 Å². The maximum absolute atomic E-state index is 11.0. The molecule has 0 fully saturated rings. The predicted octanol–water partition coefficient (Wildman–Crippen LogP) is 1.92. The molecule has 0 bridgehead atoms. The molecule has 0 aliphatic carbocycles. The van der Waals surface area contributed by atoms with Gasteiger partial charge in [-0.2, -0.15) is 0 Å². The average Bonchev–Trinajstić information content (AvgIpc) is 1.96. The minimum absolute atomic E-state index is 0.0399. The van der Waals surface area contributed by atoms with Crippen LogP contribution in [-0.4, -0.2) is 17.7 Å². The zero-order chi connectivity index (χ0) is 13.9. The monoisotopic (exact) mass is 245 g/mol. The van der Waals surface area contributed by atoms with Crippen LogP contribution in [-0.2, 0) is 14.6 Å². The van der Waals surface area contributed by atoms with Crippen molar-refractivity contribution < 1.29 is 19.7 Å². The highest BCUT2D eigenvalue weighted by atomic mass is 17.2. The van der Waals surface area contributed by atoms with E-state index in [0.29, 0.717) is 0 Å². The summed E-state index contributed by atoms with van der Waals surface area (Å²) in [6.45, 7) is 13.4. The number of carbonyl (C=O) groups excluding carboxylic acids is 1. The van der Waals surface area contributed by atoms with E-state index in [-0.39, 0.29) is 11.3 Å². The van der Waals surface area contributed by atoms with Gasteiger partial charge in [0.15, 0.2) is 0 Å². The maximum Gasteiger partial charge on any atom is 0.135 e. The van der Waals surface area contributed by atoms with Gasteiger partial charge in [0.05, 0.1) is 11.6 Å². The Balaban J connectivity index is 4.48. The number of aliphatic carboxylic acids is 1. The van der Waals surface area contributed by atoms with Crippen molar-refractivity contribution in [1.82, 2.24) is 0 Å². The lowest BCUT2D eigenvalue weighted by atomic mass is 9.83. The molecule has 0 radical (unpaired) electrons. The summed E-state index contributed by atoms with van der Waals surface area (Å²) in [5, 5.41) is 11.0. The van der Waals surface area contributed by atoms with E-state index in [0.717, 1.165) is 6.42 Å². The SMILES string of the molecule is CC(CC(C)(C)C)C(OOC(C)(C)C)C(=O)[O-]. The highest BCUT2D eigenvalue weighted by Crippen LogP contribution is 2.27. The van der Waals surface area contributed by atoms with Gasteiger partial charge >= 0.3 is 0 Å². The van der Waals surface area contributed by atoms with Crippen LogP contribution in [0.3, 0.4) is 0 Å². The first-order valence-electron chi connectivity index (χ1n) is 5.98. The number of hydrogen-bond acceptors (Lipinski definition) is 4. The van der Waals surface area contributed by atoms with E-state index in [1.165, 1.54) is 0 Å². The molecular formula is C13H25O4-. The van der Waals surface area contributed by atoms with Crippen LogP contribution in [0.2, 0.25) is 0 Å². The van der Waals surface area contributed by atoms with E-state index in [1.54, 1.807) is 20.8 Å². The third-order valence-corrected chi connectivity index (χ3v) is 2.09. The third-order valence-electron chi connectivity index (χ3n) is 2.09. The summed E-state index contributed by atoms with van der Waals surface area (Å²) in [4.78, 5) is 21.1. The van der Waals surface area contributed by atoms with Crippen molar-refractivity contribution in [3.63, 3.8) is 0 Å². The molecule has 0 aromatic rings. The van der Waals surface area contributed by atoms with Crippen molar-refractivity contribution in [2.45, 2.75) is 66.6 Å². The van der Waals surface area contributed by atoms with Crippen molar-refractivity contribution in [3.05, 3.63) is 0 Å². The number of rotatable bonds is 5. The smallest absolute Gasteiger partial charge is 0.135 e. The van der Waals surface area contributed by atoms with Crippen LogP contribution in [0.15, 0.2) is 0 Å². The molecule has 0 amide bonds. The lowest BCUT2D eigenvalue weighted by Gasteiger charge is -2.31. The molecule has 4 heteroatoms. The van der Waals surface area contributed by atoms with Crippen molar-refractivity contribution >= 4 is 5.97 Å². The van der Waals surface area contributed by atoms with Crippen molar-refractivity contribution in [2.75, 3.05) is 0 Å². The van der Waals surface area contributed by atoms with Gasteiger partial charge in [-0.25, -0.2) is 9.78 Å². The summed E-state index contributed by atoms with van der Waals surface area (Å²) in [6.07, 6.45) is -0.312. The quantitative estimate of drug-likeness (QED) is 0.548. The molecule has 4 nitrogen and oxygen atoms in total. The number of hydrogen-bond donors (Lipinski definition) is 0. The number of carbonyl (C=O) groups is 1. The van der Waals surface area contributed by atoms with E-state index in [9.17, 15) is 9.90 Å². The van der Waals surface area contributed by atoms with Gasteiger partial charge in [0.1, 0.15) is 6.10 Å². The Bertz CT molecular complexity index is 247. The van der Waals surface area contributed by atoms with E-state index in [1.807, 2.05) is 6.92 Å². The first-order chi connectivity index (χ1) is 7.42. The molecule has 0 saturated heterocycles. The highest BCUT2D eigenvalue weighted by Gasteiger charge is 2.27. The average molecular weight is 245 g/mol. The summed E-state index contributed by atoms with van der Waals surface area (Å²) < 4.78 is 0. The lowest BCUT2D eigenvalue weighted by Crippen LogP contribution is -2.44. The Labute approximate surface area is 104 Å². The molecule has 0 spiro atoms. The third kappa shape index (κ3) is 8.16. The van der Waals surface area contributed by atoms with E-state index >= 15 is 0 Å². The largest absolute Gasteiger partial charge is 0.547 e. The predicted molar refractivity (Wildman–Crippen MR) is 64.0 cm³/mol. The van der Waals surface area contributed by atoms with E-state index in [4.69, 9.17) is 9.78 Å². The molecule has 0 saturated carbocycles. The Kier molecular flexibility index (Phi) is 5.62. The minimum Gasteiger partial charge on any atom is -0.547 e. The molecule has 0 rings (SSSR count). The number of carboxylic acids is 1. The molecule has 2 atom stereocenters. The zero-order valence-electron chi connectivity index (χ0n) is 12.0. The zero-order valence-corrected chi connectivity index (χ0v) is 12.0. The fraction of sp³-hybridized carbons (Fsp3) is 0.923. The molecule has 0 heterocycles. The van der Waals surface area contributed by atoms with Crippen LogP contribution in [0.5, 0.6) is 0 Å². The summed E-state index contributed by atoms with van der Waals surface area (Å²) in [7, 11) is 0. The Hall–Kier alpha value is -0.610. The minimum atomic E-state index is -1.23. The molecule has 0 aliphatic rings. The van der Waals surface area contributed by atoms with Crippen LogP contribution in [0.25, 0.3) is 0 Å². The van der Waals surface area contributed by atoms with Crippen molar-refractivity contribution in [1.29, 1.82) is 0 Å². The standard InChI is InChI=1S/C13H26O4/c1-9(8-12(2,3)4)10(11(14)15)16-17-13(5,6)7/h9-10H,8H2,1-7H3,(H,14,15)/p-1. The first kappa shape index (κ1) is 16.4. The molecule has 2 unspecified atom stereocenters. The number of carboxylic acid groups (broad SMARTS) is 1. The van der Waals surface area contributed by atoms with Crippen LogP contribution < -0.4 is 5.11 Å². The second-order valence-corrected chi connectivity index (χ2v) is 6.77. The van der Waals surface area contributed by atoms with Gasteiger partial charge in [0.25, 0.3) is 0 Å². The Morgan fingerprint density at radius 2 is 1.65 bits per heavy atom. The first-order valence-corrected chi connectivity index (χ1v) is 5.98. The Morgan fingerprint density at radius 1 is 1.18 bits per heavy atom. The maximum atomic E-state index is 11.0. The van der Waals surface area contributed by atoms with E-state index in [2.05, 4.69) is 20.8 Å². The van der Waals surface area contributed by atoms with Gasteiger partial charge in [0.2, 0.25) is 0 Å². The van der Waals surface area contributed by atoms with Gasteiger partial charge in [-0.1, -0.05) is 27.7 Å². The van der Waals surface area contributed by atoms with Gasteiger partial charge in [-0.3, -0.25) is 0 Å². The van der Waals surface area contributed by atoms with Crippen molar-refractivity contribution in [2.24, 2.45) is 11.3 Å². The van der Waals surface area contributed by atoms with Gasteiger partial charge < -0.3 is 9.90 Å². The molecule has 0 aromatic carbocycles. The fourth-order valence-electron chi connectivity index (χ4n) is 1.64. The van der Waals surface area contributed by atoms with Crippen LogP contribution in [0, 0.1) is 11.3 Å². The molecule has 102 valence electrons. The highest BCUT2D eigenvalue weighted by molar-refractivity contribution is 5.70. The fourth-order valence-corrected chi connectivity index (χ4v) is 1.64. The molecule has 0 aromatic heterocycles. The summed E-state index contributed by atoms with van der Waals surface area (Å²) >= 11 is 0. The molecule has 17 heavy (non-hydrogen) atoms. The van der Waals surface area contributed by atoms with E-state index < -0.39 is 17.7 Å². The van der Waals surface area contributed by atoms with Gasteiger partial charge in [-0.05, 0) is 38.5 Å². The summed E-state index contributed by atoms with van der Waals surface area (Å²) in [6, 6.07) is 0. The topological polar surface area (TPSA) is 58.6 Å². The van der Waals surface area contributed by atoms with Crippen LogP contribution >= 0.6 is 0 Å². The normalized spacial score (nSPS) is 16.6. The van der Waals surface area contributed by atoms with Gasteiger partial charge in [0, 0.05) is 0 Å². The summed E-state index contributed by atoms with van der Waals surface area (Å²) in [5.74, 6) is -1.40. The lowest BCUT2D eigenvalue weighted by molar-refractivity contribution is -0.398. The summed E-state index contributed by atoms with van der Waals surface area (Å²) in [5.41, 5.74) is -0.493. The molecule has 0 N–H and O–H groups in total. The van der Waals surface area contributed by atoms with Crippen LogP contribution in [0.1, 0.15) is 54.9 Å². The molecule has 0 aliphatic heterocycles. The molecular weight excluding hydrogens is 220 g/mol. The Morgan fingerprint density at radius 3 is 1.94 bits per heavy atom. The van der Waals surface area contributed by atoms with Crippen molar-refractivity contribution in [3.8, 4) is 0 Å². The second kappa shape index (κ2) is 5.83. The van der Waals surface area contributed by atoms with Crippen LogP contribution in [0.4, 0.5) is 0 Å².